The number of halogens is 1. The monoisotopic (exact) mass is 489 g/mol. The molecule has 0 radical (unpaired) electrons. The smallest absolute Gasteiger partial charge is 0.259 e. The number of nitrogens with one attached hydrogen (secondary N) is 1. The number of pyridine rings is 1. The molecule has 0 saturated carbocycles. The molecule has 1 aromatic heterocycles. The summed E-state index contributed by atoms with van der Waals surface area (Å²) in [6, 6.07) is 16.6. The van der Waals surface area contributed by atoms with Crippen LogP contribution in [0.2, 0.25) is 0 Å². The molecule has 0 saturated heterocycles. The Kier molecular flexibility index (Phi) is 6.48. The zero-order valence-corrected chi connectivity index (χ0v) is 17.7. The largest absolute Gasteiger partial charge is 0.457 e. The Balaban J connectivity index is 1.75. The normalized spacial score (nSPS) is 10.5. The Hall–Kier alpha value is -2.65. The van der Waals surface area contributed by atoms with Crippen molar-refractivity contribution in [2.75, 3.05) is 18.2 Å². The highest BCUT2D eigenvalue weighted by atomic mass is 127. The molecule has 1 heterocycles. The van der Waals surface area contributed by atoms with Crippen LogP contribution in [0.5, 0.6) is 11.5 Å². The first-order valence-electron chi connectivity index (χ1n) is 8.56. The molecule has 0 spiro atoms. The van der Waals surface area contributed by atoms with Gasteiger partial charge in [-0.2, -0.15) is 0 Å². The van der Waals surface area contributed by atoms with Gasteiger partial charge in [0, 0.05) is 22.4 Å². The fourth-order valence-electron chi connectivity index (χ4n) is 2.61. The minimum absolute atomic E-state index is 0.168. The third-order valence-corrected chi connectivity index (χ3v) is 4.73. The van der Waals surface area contributed by atoms with E-state index in [9.17, 15) is 4.79 Å². The topological polar surface area (TPSA) is 86.5 Å². The highest BCUT2D eigenvalue weighted by molar-refractivity contribution is 14.1. The van der Waals surface area contributed by atoms with Crippen molar-refractivity contribution in [2.45, 2.75) is 13.5 Å². The van der Waals surface area contributed by atoms with Gasteiger partial charge in [0.25, 0.3) is 5.91 Å². The molecular weight excluding hydrogens is 469 g/mol. The van der Waals surface area contributed by atoms with Gasteiger partial charge in [-0.25, -0.2) is 4.98 Å². The van der Waals surface area contributed by atoms with E-state index in [-0.39, 0.29) is 11.7 Å². The average molecular weight is 489 g/mol. The SMILES string of the molecule is COCc1nc(N)c(C(=O)Nc2cccc(Oc3ccc(I)cc3)c2)cc1C. The number of rotatable bonds is 6. The first-order valence-corrected chi connectivity index (χ1v) is 9.64. The molecule has 28 heavy (non-hydrogen) atoms. The lowest BCUT2D eigenvalue weighted by Crippen LogP contribution is -2.16. The number of nitrogens with zero attached hydrogens (tertiary/aromatic N) is 1. The Morgan fingerprint density at radius 1 is 1.14 bits per heavy atom. The zero-order chi connectivity index (χ0) is 20.1. The van der Waals surface area contributed by atoms with Crippen molar-refractivity contribution in [3.05, 3.63) is 75.0 Å². The molecular formula is C21H20IN3O3. The summed E-state index contributed by atoms with van der Waals surface area (Å²) < 4.78 is 12.1. The fraction of sp³-hybridized carbons (Fsp3) is 0.143. The summed E-state index contributed by atoms with van der Waals surface area (Å²) in [4.78, 5) is 16.9. The van der Waals surface area contributed by atoms with Crippen LogP contribution in [0.15, 0.2) is 54.6 Å². The van der Waals surface area contributed by atoms with Gasteiger partial charge in [-0.1, -0.05) is 6.07 Å². The van der Waals surface area contributed by atoms with Crippen LogP contribution in [0.4, 0.5) is 11.5 Å². The number of hydrogen-bond donors (Lipinski definition) is 2. The van der Waals surface area contributed by atoms with Crippen LogP contribution < -0.4 is 15.8 Å². The molecule has 6 nitrogen and oxygen atoms in total. The molecule has 3 N–H and O–H groups in total. The lowest BCUT2D eigenvalue weighted by atomic mass is 10.1. The van der Waals surface area contributed by atoms with E-state index in [0.29, 0.717) is 29.3 Å². The third kappa shape index (κ3) is 4.99. The molecule has 0 atom stereocenters. The number of ether oxygens (including phenoxy) is 2. The van der Waals surface area contributed by atoms with E-state index in [1.165, 1.54) is 0 Å². The average Bonchev–Trinajstić information content (AvgIpc) is 2.67. The maximum atomic E-state index is 12.7. The Labute approximate surface area is 177 Å². The first kappa shape index (κ1) is 20.1. The summed E-state index contributed by atoms with van der Waals surface area (Å²) in [5, 5.41) is 2.84. The predicted octanol–water partition coefficient (Wildman–Crippen LogP) is 4.77. The summed E-state index contributed by atoms with van der Waals surface area (Å²) >= 11 is 2.24. The summed E-state index contributed by atoms with van der Waals surface area (Å²) in [6.45, 7) is 2.21. The van der Waals surface area contributed by atoms with E-state index >= 15 is 0 Å². The van der Waals surface area contributed by atoms with Crippen molar-refractivity contribution in [1.82, 2.24) is 4.98 Å². The van der Waals surface area contributed by atoms with E-state index in [1.807, 2.05) is 43.3 Å². The van der Waals surface area contributed by atoms with Gasteiger partial charge in [-0.3, -0.25) is 4.79 Å². The Morgan fingerprint density at radius 2 is 1.89 bits per heavy atom. The molecule has 0 bridgehead atoms. The van der Waals surface area contributed by atoms with Gasteiger partial charge in [0.1, 0.15) is 17.3 Å². The van der Waals surface area contributed by atoms with E-state index in [4.69, 9.17) is 15.2 Å². The van der Waals surface area contributed by atoms with Crippen LogP contribution in [0, 0.1) is 10.5 Å². The van der Waals surface area contributed by atoms with E-state index < -0.39 is 0 Å². The summed E-state index contributed by atoms with van der Waals surface area (Å²) in [6.07, 6.45) is 0. The predicted molar refractivity (Wildman–Crippen MR) is 118 cm³/mol. The molecule has 0 fully saturated rings. The van der Waals surface area contributed by atoms with Crippen molar-refractivity contribution < 1.29 is 14.3 Å². The second-order valence-electron chi connectivity index (χ2n) is 6.16. The van der Waals surface area contributed by atoms with Crippen LogP contribution in [-0.4, -0.2) is 18.0 Å². The van der Waals surface area contributed by atoms with Gasteiger partial charge in [0.05, 0.1) is 17.9 Å². The molecule has 3 aromatic rings. The minimum atomic E-state index is -0.330. The summed E-state index contributed by atoms with van der Waals surface area (Å²) in [7, 11) is 1.59. The van der Waals surface area contributed by atoms with Crippen molar-refractivity contribution in [1.29, 1.82) is 0 Å². The second kappa shape index (κ2) is 9.03. The minimum Gasteiger partial charge on any atom is -0.457 e. The van der Waals surface area contributed by atoms with Crippen molar-refractivity contribution in [3.8, 4) is 11.5 Å². The standard InChI is InChI=1S/C21H20IN3O3/c1-13-10-18(20(23)25-19(13)12-27-2)21(26)24-15-4-3-5-17(11-15)28-16-8-6-14(22)7-9-16/h3-11H,12H2,1-2H3,(H2,23,25)(H,24,26). The number of anilines is 2. The number of carbonyl (C=O) groups is 1. The second-order valence-corrected chi connectivity index (χ2v) is 7.40. The number of benzene rings is 2. The van der Waals surface area contributed by atoms with Crippen LogP contribution in [0.1, 0.15) is 21.6 Å². The van der Waals surface area contributed by atoms with Gasteiger partial charge in [-0.15, -0.1) is 0 Å². The number of aromatic nitrogens is 1. The van der Waals surface area contributed by atoms with Crippen LogP contribution in [-0.2, 0) is 11.3 Å². The first-order chi connectivity index (χ1) is 13.5. The molecule has 0 aliphatic carbocycles. The number of methoxy groups -OCH3 is 1. The third-order valence-electron chi connectivity index (χ3n) is 4.01. The van der Waals surface area contributed by atoms with E-state index in [2.05, 4.69) is 32.9 Å². The molecule has 2 aromatic carbocycles. The van der Waals surface area contributed by atoms with Gasteiger partial charge in [0.2, 0.25) is 0 Å². The molecule has 7 heteroatoms. The van der Waals surface area contributed by atoms with Crippen LogP contribution >= 0.6 is 22.6 Å². The zero-order valence-electron chi connectivity index (χ0n) is 15.5. The van der Waals surface area contributed by atoms with Gasteiger partial charge in [0.15, 0.2) is 0 Å². The molecule has 0 aliphatic heterocycles. The number of nitrogen functional groups attached to an aromatic ring is 1. The number of aryl methyl sites for hydroxylation is 1. The highest BCUT2D eigenvalue weighted by Gasteiger charge is 2.14. The van der Waals surface area contributed by atoms with Gasteiger partial charge in [-0.05, 0) is 77.5 Å². The molecule has 3 rings (SSSR count). The van der Waals surface area contributed by atoms with Crippen molar-refractivity contribution in [2.24, 2.45) is 0 Å². The van der Waals surface area contributed by atoms with Crippen LogP contribution in [0.3, 0.4) is 0 Å². The molecule has 0 aliphatic rings. The lowest BCUT2D eigenvalue weighted by molar-refractivity contribution is 0.102. The maximum Gasteiger partial charge on any atom is 0.259 e. The highest BCUT2D eigenvalue weighted by Crippen LogP contribution is 2.25. The number of hydrogen-bond acceptors (Lipinski definition) is 5. The Bertz CT molecular complexity index is 991. The number of amides is 1. The van der Waals surface area contributed by atoms with Crippen molar-refractivity contribution >= 4 is 40.0 Å². The molecule has 144 valence electrons. The fourth-order valence-corrected chi connectivity index (χ4v) is 2.97. The lowest BCUT2D eigenvalue weighted by Gasteiger charge is -2.12. The number of carbonyl (C=O) groups excluding carboxylic acids is 1. The summed E-state index contributed by atoms with van der Waals surface area (Å²) in [5.74, 6) is 1.18. The maximum absolute atomic E-state index is 12.7. The van der Waals surface area contributed by atoms with E-state index in [0.717, 1.165) is 14.9 Å². The Morgan fingerprint density at radius 3 is 2.61 bits per heavy atom. The molecule has 0 unspecified atom stereocenters. The van der Waals surface area contributed by atoms with Gasteiger partial charge < -0.3 is 20.5 Å². The quantitative estimate of drug-likeness (QED) is 0.488. The van der Waals surface area contributed by atoms with Crippen LogP contribution in [0.25, 0.3) is 0 Å². The summed E-state index contributed by atoms with van der Waals surface area (Å²) in [5.41, 5.74) is 8.45. The van der Waals surface area contributed by atoms with Gasteiger partial charge >= 0.3 is 0 Å². The van der Waals surface area contributed by atoms with Crippen molar-refractivity contribution in [3.63, 3.8) is 0 Å². The van der Waals surface area contributed by atoms with E-state index in [1.54, 1.807) is 25.3 Å². The number of nitrogens with two attached hydrogens (primary N) is 1. The molecule has 1 amide bonds.